The van der Waals surface area contributed by atoms with Gasteiger partial charge in [-0.05, 0) is 43.6 Å². The van der Waals surface area contributed by atoms with Crippen molar-refractivity contribution in [1.29, 1.82) is 0 Å². The van der Waals surface area contributed by atoms with Gasteiger partial charge in [0.25, 0.3) is 11.8 Å². The molecule has 1 saturated heterocycles. The van der Waals surface area contributed by atoms with Crippen LogP contribution in [0.1, 0.15) is 42.7 Å². The molecule has 0 spiro atoms. The number of thiocarbonyl (C=S) groups is 1. The zero-order chi connectivity index (χ0) is 16.9. The summed E-state index contributed by atoms with van der Waals surface area (Å²) < 4.78 is 5.01. The SMILES string of the molecule is O=C(NCC(=O)N1CCCN1C(=S)NC1CCCC1)c1ccco1. The third-order valence-electron chi connectivity index (χ3n) is 4.38. The lowest BCUT2D eigenvalue weighted by Crippen LogP contribution is -2.53. The van der Waals surface area contributed by atoms with E-state index in [0.717, 1.165) is 25.8 Å². The van der Waals surface area contributed by atoms with Crippen molar-refractivity contribution in [3.63, 3.8) is 0 Å². The van der Waals surface area contributed by atoms with Crippen LogP contribution in [0.15, 0.2) is 22.8 Å². The van der Waals surface area contributed by atoms with Crippen molar-refractivity contribution in [2.75, 3.05) is 19.6 Å². The molecule has 3 rings (SSSR count). The number of furan rings is 1. The summed E-state index contributed by atoms with van der Waals surface area (Å²) in [5.41, 5.74) is 0. The Labute approximate surface area is 146 Å². The first-order valence-electron chi connectivity index (χ1n) is 8.35. The van der Waals surface area contributed by atoms with Crippen LogP contribution in [-0.2, 0) is 4.79 Å². The maximum atomic E-state index is 12.4. The largest absolute Gasteiger partial charge is 0.459 e. The molecular weight excluding hydrogens is 328 g/mol. The standard InChI is InChI=1S/C16H22N4O3S/c21-14(11-17-15(22)13-7-3-10-23-13)19-8-4-9-20(19)16(24)18-12-5-1-2-6-12/h3,7,10,12H,1-2,4-6,8-9,11H2,(H,17,22)(H,18,24). The Morgan fingerprint density at radius 1 is 1.21 bits per heavy atom. The summed E-state index contributed by atoms with van der Waals surface area (Å²) in [7, 11) is 0. The Kier molecular flexibility index (Phi) is 5.34. The molecule has 2 fully saturated rings. The van der Waals surface area contributed by atoms with Crippen LogP contribution in [0.4, 0.5) is 0 Å². The number of hydrogen-bond donors (Lipinski definition) is 2. The minimum atomic E-state index is -0.397. The fourth-order valence-corrected chi connectivity index (χ4v) is 3.50. The van der Waals surface area contributed by atoms with E-state index in [2.05, 4.69) is 10.6 Å². The highest BCUT2D eigenvalue weighted by atomic mass is 32.1. The molecule has 2 N–H and O–H groups in total. The predicted octanol–water partition coefficient (Wildman–Crippen LogP) is 1.28. The summed E-state index contributed by atoms with van der Waals surface area (Å²) in [6, 6.07) is 3.60. The van der Waals surface area contributed by atoms with Gasteiger partial charge in [0, 0.05) is 19.1 Å². The van der Waals surface area contributed by atoms with Crippen LogP contribution in [-0.4, -0.2) is 52.6 Å². The Balaban J connectivity index is 1.51. The highest BCUT2D eigenvalue weighted by Crippen LogP contribution is 2.19. The summed E-state index contributed by atoms with van der Waals surface area (Å²) >= 11 is 5.47. The number of nitrogens with zero attached hydrogens (tertiary/aromatic N) is 2. The first kappa shape index (κ1) is 16.8. The molecule has 0 aromatic carbocycles. The number of nitrogens with one attached hydrogen (secondary N) is 2. The lowest BCUT2D eigenvalue weighted by atomic mass is 10.3. The molecule has 8 heteroatoms. The van der Waals surface area contributed by atoms with Crippen LogP contribution < -0.4 is 10.6 Å². The van der Waals surface area contributed by atoms with Crippen LogP contribution in [0.25, 0.3) is 0 Å². The van der Waals surface area contributed by atoms with E-state index in [-0.39, 0.29) is 18.2 Å². The minimum absolute atomic E-state index is 0.0813. The lowest BCUT2D eigenvalue weighted by molar-refractivity contribution is -0.137. The summed E-state index contributed by atoms with van der Waals surface area (Å²) in [4.78, 5) is 24.3. The van der Waals surface area contributed by atoms with E-state index in [1.807, 2.05) is 5.01 Å². The molecule has 0 radical (unpaired) electrons. The van der Waals surface area contributed by atoms with Crippen LogP contribution in [0, 0.1) is 0 Å². The van der Waals surface area contributed by atoms with E-state index in [0.29, 0.717) is 17.7 Å². The second kappa shape index (κ2) is 7.65. The van der Waals surface area contributed by atoms with Crippen molar-refractivity contribution < 1.29 is 14.0 Å². The fourth-order valence-electron chi connectivity index (χ4n) is 3.14. The van der Waals surface area contributed by atoms with Crippen LogP contribution >= 0.6 is 12.2 Å². The third-order valence-corrected chi connectivity index (χ3v) is 4.71. The topological polar surface area (TPSA) is 77.8 Å². The molecule has 0 unspecified atom stereocenters. The summed E-state index contributed by atoms with van der Waals surface area (Å²) in [6.45, 7) is 1.25. The van der Waals surface area contributed by atoms with Gasteiger partial charge in [0.05, 0.1) is 12.8 Å². The summed E-state index contributed by atoms with van der Waals surface area (Å²) in [5.74, 6) is -0.381. The molecule has 1 aromatic rings. The van der Waals surface area contributed by atoms with Gasteiger partial charge in [-0.25, -0.2) is 0 Å². The second-order valence-corrected chi connectivity index (χ2v) is 6.47. The first-order chi connectivity index (χ1) is 11.6. The van der Waals surface area contributed by atoms with Gasteiger partial charge in [-0.1, -0.05) is 12.8 Å². The molecule has 2 aliphatic rings. The molecule has 2 heterocycles. The third kappa shape index (κ3) is 3.87. The fraction of sp³-hybridized carbons (Fsp3) is 0.562. The second-order valence-electron chi connectivity index (χ2n) is 6.08. The number of carbonyl (C=O) groups excluding carboxylic acids is 2. The van der Waals surface area contributed by atoms with Gasteiger partial charge in [-0.2, -0.15) is 0 Å². The lowest BCUT2D eigenvalue weighted by Gasteiger charge is -2.31. The van der Waals surface area contributed by atoms with Crippen molar-refractivity contribution in [3.8, 4) is 0 Å². The molecule has 130 valence electrons. The molecule has 0 bridgehead atoms. The smallest absolute Gasteiger partial charge is 0.287 e. The highest BCUT2D eigenvalue weighted by Gasteiger charge is 2.30. The van der Waals surface area contributed by atoms with E-state index in [9.17, 15) is 9.59 Å². The highest BCUT2D eigenvalue weighted by molar-refractivity contribution is 7.80. The van der Waals surface area contributed by atoms with Gasteiger partial charge in [0.15, 0.2) is 10.9 Å². The zero-order valence-corrected chi connectivity index (χ0v) is 14.3. The molecule has 1 saturated carbocycles. The normalized spacial score (nSPS) is 18.0. The summed E-state index contributed by atoms with van der Waals surface area (Å²) in [5, 5.41) is 9.97. The van der Waals surface area contributed by atoms with Crippen molar-refractivity contribution in [2.24, 2.45) is 0 Å². The predicted molar refractivity (Wildman–Crippen MR) is 92.1 cm³/mol. The van der Waals surface area contributed by atoms with Gasteiger partial charge < -0.3 is 15.1 Å². The maximum absolute atomic E-state index is 12.4. The van der Waals surface area contributed by atoms with Gasteiger partial charge >= 0.3 is 0 Å². The van der Waals surface area contributed by atoms with Crippen molar-refractivity contribution in [3.05, 3.63) is 24.2 Å². The Bertz CT molecular complexity index is 598. The van der Waals surface area contributed by atoms with Crippen molar-refractivity contribution in [1.82, 2.24) is 20.7 Å². The average molecular weight is 350 g/mol. The van der Waals surface area contributed by atoms with Gasteiger partial charge in [0.2, 0.25) is 0 Å². The number of carbonyl (C=O) groups is 2. The van der Waals surface area contributed by atoms with E-state index in [1.54, 1.807) is 17.1 Å². The number of hydrogen-bond acceptors (Lipinski definition) is 4. The first-order valence-corrected chi connectivity index (χ1v) is 8.76. The van der Waals surface area contributed by atoms with Crippen LogP contribution in [0.5, 0.6) is 0 Å². The van der Waals surface area contributed by atoms with Crippen LogP contribution in [0.2, 0.25) is 0 Å². The Morgan fingerprint density at radius 2 is 1.96 bits per heavy atom. The molecular formula is C16H22N4O3S. The van der Waals surface area contributed by atoms with E-state index >= 15 is 0 Å². The van der Waals surface area contributed by atoms with E-state index in [4.69, 9.17) is 16.6 Å². The molecule has 7 nitrogen and oxygen atoms in total. The Hall–Kier alpha value is -2.09. The molecule has 2 amide bonds. The van der Waals surface area contributed by atoms with Gasteiger partial charge in [-0.3, -0.25) is 19.6 Å². The van der Waals surface area contributed by atoms with Gasteiger partial charge in [-0.15, -0.1) is 0 Å². The molecule has 1 aliphatic heterocycles. The van der Waals surface area contributed by atoms with Gasteiger partial charge in [0.1, 0.15) is 0 Å². The van der Waals surface area contributed by atoms with Crippen molar-refractivity contribution >= 4 is 29.1 Å². The monoisotopic (exact) mass is 350 g/mol. The zero-order valence-electron chi connectivity index (χ0n) is 13.5. The quantitative estimate of drug-likeness (QED) is 0.797. The van der Waals surface area contributed by atoms with Crippen molar-refractivity contribution in [2.45, 2.75) is 38.1 Å². The number of hydrazine groups is 1. The maximum Gasteiger partial charge on any atom is 0.287 e. The van der Waals surface area contributed by atoms with Crippen LogP contribution in [0.3, 0.4) is 0 Å². The summed E-state index contributed by atoms with van der Waals surface area (Å²) in [6.07, 6.45) is 6.99. The molecule has 0 atom stereocenters. The Morgan fingerprint density at radius 3 is 2.67 bits per heavy atom. The molecule has 24 heavy (non-hydrogen) atoms. The van der Waals surface area contributed by atoms with E-state index in [1.165, 1.54) is 19.1 Å². The minimum Gasteiger partial charge on any atom is -0.459 e. The number of amides is 2. The number of rotatable bonds is 4. The average Bonchev–Trinajstić information content (AvgIpc) is 3.33. The molecule has 1 aromatic heterocycles. The molecule has 1 aliphatic carbocycles. The van der Waals surface area contributed by atoms with E-state index < -0.39 is 5.91 Å².